The molecule has 1 heterocycles. The minimum absolute atomic E-state index is 0.119. The molecule has 0 N–H and O–H groups in total. The summed E-state index contributed by atoms with van der Waals surface area (Å²) in [5, 5.41) is 0. The van der Waals surface area contributed by atoms with E-state index in [1.165, 1.54) is 31.2 Å². The minimum atomic E-state index is -4.65. The van der Waals surface area contributed by atoms with E-state index in [1.54, 1.807) is 36.4 Å². The van der Waals surface area contributed by atoms with Gasteiger partial charge in [0.25, 0.3) is 0 Å². The fraction of sp³-hybridized carbons (Fsp3) is 0.333. The number of alkyl halides is 3. The Kier molecular flexibility index (Phi) is 6.22. The lowest BCUT2D eigenvalue weighted by Crippen LogP contribution is -2.42. The lowest BCUT2D eigenvalue weighted by atomic mass is 9.96. The number of hydrogen-bond acceptors (Lipinski definition) is 5. The first-order chi connectivity index (χ1) is 13.8. The number of carbonyl (C=O) groups excluding carboxylic acids is 2. The fourth-order valence-electron chi connectivity index (χ4n) is 3.25. The second-order valence-corrected chi connectivity index (χ2v) is 6.65. The summed E-state index contributed by atoms with van der Waals surface area (Å²) in [5.41, 5.74) is 0.372. The molecule has 0 aromatic heterocycles. The number of ether oxygens (including phenoxy) is 3. The summed E-state index contributed by atoms with van der Waals surface area (Å²) in [6.45, 7) is 0.776. The normalized spacial score (nSPS) is 24.1. The molecule has 5 nitrogen and oxygen atoms in total. The van der Waals surface area contributed by atoms with Gasteiger partial charge in [-0.2, -0.15) is 13.2 Å². The van der Waals surface area contributed by atoms with Gasteiger partial charge >= 0.3 is 18.1 Å². The van der Waals surface area contributed by atoms with Gasteiger partial charge in [-0.15, -0.1) is 0 Å². The average molecular weight is 408 g/mol. The van der Waals surface area contributed by atoms with Crippen molar-refractivity contribution in [3.8, 4) is 0 Å². The molecule has 1 aliphatic rings. The first kappa shape index (κ1) is 20.9. The summed E-state index contributed by atoms with van der Waals surface area (Å²) in [7, 11) is 0. The predicted molar refractivity (Wildman–Crippen MR) is 96.3 cm³/mol. The zero-order chi connectivity index (χ0) is 21.0. The maximum atomic E-state index is 13.6. The van der Waals surface area contributed by atoms with Gasteiger partial charge in [0, 0.05) is 0 Å². The number of carbonyl (C=O) groups is 2. The summed E-state index contributed by atoms with van der Waals surface area (Å²) < 4.78 is 56.4. The van der Waals surface area contributed by atoms with Gasteiger partial charge in [0.15, 0.2) is 0 Å². The highest BCUT2D eigenvalue weighted by molar-refractivity contribution is 5.90. The first-order valence-corrected chi connectivity index (χ1v) is 8.97. The second kappa shape index (κ2) is 8.65. The van der Waals surface area contributed by atoms with Gasteiger partial charge in [-0.05, 0) is 31.2 Å². The molecule has 0 spiro atoms. The Morgan fingerprint density at radius 1 is 0.931 bits per heavy atom. The topological polar surface area (TPSA) is 61.8 Å². The zero-order valence-electron chi connectivity index (χ0n) is 15.5. The molecule has 1 aliphatic heterocycles. The van der Waals surface area contributed by atoms with Crippen LogP contribution in [0.25, 0.3) is 0 Å². The lowest BCUT2D eigenvalue weighted by molar-refractivity contribution is -0.200. The first-order valence-electron chi connectivity index (χ1n) is 8.97. The maximum absolute atomic E-state index is 13.6. The van der Waals surface area contributed by atoms with E-state index in [0.29, 0.717) is 0 Å². The summed E-state index contributed by atoms with van der Waals surface area (Å²) >= 11 is 0. The SMILES string of the molecule is C[C@@H]1O[C@H](COC(=O)c2ccccc2)C(OC(=O)c2ccccc2)C1C(F)(F)F. The Balaban J connectivity index is 1.75. The molecular formula is C21H19F3O5. The van der Waals surface area contributed by atoms with Gasteiger partial charge in [-0.25, -0.2) is 9.59 Å². The van der Waals surface area contributed by atoms with Gasteiger partial charge in [0.2, 0.25) is 0 Å². The molecule has 0 saturated carbocycles. The zero-order valence-corrected chi connectivity index (χ0v) is 15.5. The highest BCUT2D eigenvalue weighted by atomic mass is 19.4. The van der Waals surface area contributed by atoms with Crippen LogP contribution in [0.1, 0.15) is 27.6 Å². The molecule has 8 heteroatoms. The molecule has 3 rings (SSSR count). The number of halogens is 3. The molecule has 1 fully saturated rings. The minimum Gasteiger partial charge on any atom is -0.459 e. The Morgan fingerprint density at radius 2 is 1.45 bits per heavy atom. The summed E-state index contributed by atoms with van der Waals surface area (Å²) in [5.74, 6) is -3.64. The fourth-order valence-corrected chi connectivity index (χ4v) is 3.25. The van der Waals surface area contributed by atoms with Crippen LogP contribution in [0.5, 0.6) is 0 Å². The van der Waals surface area contributed by atoms with Crippen LogP contribution in [-0.4, -0.2) is 43.0 Å². The number of hydrogen-bond donors (Lipinski definition) is 0. The third-order valence-corrected chi connectivity index (χ3v) is 4.63. The molecule has 0 aliphatic carbocycles. The van der Waals surface area contributed by atoms with E-state index in [-0.39, 0.29) is 11.1 Å². The van der Waals surface area contributed by atoms with Gasteiger partial charge in [-0.1, -0.05) is 36.4 Å². The van der Waals surface area contributed by atoms with Gasteiger partial charge < -0.3 is 14.2 Å². The average Bonchev–Trinajstić information content (AvgIpc) is 3.02. The van der Waals surface area contributed by atoms with Gasteiger partial charge in [0.1, 0.15) is 24.7 Å². The van der Waals surface area contributed by atoms with Crippen molar-refractivity contribution in [3.63, 3.8) is 0 Å². The van der Waals surface area contributed by atoms with E-state index in [0.717, 1.165) is 0 Å². The molecule has 4 atom stereocenters. The van der Waals surface area contributed by atoms with Crippen LogP contribution in [0.4, 0.5) is 13.2 Å². The van der Waals surface area contributed by atoms with Gasteiger partial charge in [-0.3, -0.25) is 0 Å². The van der Waals surface area contributed by atoms with E-state index in [9.17, 15) is 22.8 Å². The van der Waals surface area contributed by atoms with Crippen LogP contribution < -0.4 is 0 Å². The van der Waals surface area contributed by atoms with Crippen LogP contribution in [0, 0.1) is 5.92 Å². The molecule has 2 unspecified atom stereocenters. The molecule has 154 valence electrons. The number of esters is 2. The Hall–Kier alpha value is -2.87. The van der Waals surface area contributed by atoms with E-state index < -0.39 is 49.0 Å². The Bertz CT molecular complexity index is 838. The van der Waals surface area contributed by atoms with Crippen LogP contribution in [0.15, 0.2) is 60.7 Å². The molecule has 0 radical (unpaired) electrons. The molecule has 29 heavy (non-hydrogen) atoms. The highest BCUT2D eigenvalue weighted by Gasteiger charge is 2.58. The molecule has 2 aromatic rings. The highest BCUT2D eigenvalue weighted by Crippen LogP contribution is 2.41. The predicted octanol–water partition coefficient (Wildman–Crippen LogP) is 4.03. The molecule has 2 aromatic carbocycles. The standard InChI is InChI=1S/C21H19F3O5/c1-13-17(21(22,23)24)18(29-20(26)15-10-6-3-7-11-15)16(28-13)12-27-19(25)14-8-4-2-5-9-14/h2-11,13,16-18H,12H2,1H3/t13-,16+,17?,18?/m0/s1. The van der Waals surface area contributed by atoms with Crippen molar-refractivity contribution in [1.29, 1.82) is 0 Å². The van der Waals surface area contributed by atoms with Crippen molar-refractivity contribution in [2.45, 2.75) is 31.4 Å². The summed E-state index contributed by atoms with van der Waals surface area (Å²) in [4.78, 5) is 24.4. The second-order valence-electron chi connectivity index (χ2n) is 6.65. The van der Waals surface area contributed by atoms with E-state index in [4.69, 9.17) is 14.2 Å². The summed E-state index contributed by atoms with van der Waals surface area (Å²) in [6, 6.07) is 15.7. The van der Waals surface area contributed by atoms with E-state index in [1.807, 2.05) is 0 Å². The molecule has 0 amide bonds. The third-order valence-electron chi connectivity index (χ3n) is 4.63. The quantitative estimate of drug-likeness (QED) is 0.699. The monoisotopic (exact) mass is 408 g/mol. The number of rotatable bonds is 5. The van der Waals surface area contributed by atoms with Crippen molar-refractivity contribution in [2.75, 3.05) is 6.61 Å². The Morgan fingerprint density at radius 3 is 1.97 bits per heavy atom. The third kappa shape index (κ3) is 4.95. The molecule has 0 bridgehead atoms. The molecular weight excluding hydrogens is 389 g/mol. The van der Waals surface area contributed by atoms with Crippen molar-refractivity contribution in [1.82, 2.24) is 0 Å². The van der Waals surface area contributed by atoms with Crippen molar-refractivity contribution >= 4 is 11.9 Å². The van der Waals surface area contributed by atoms with Crippen LogP contribution in [0.3, 0.4) is 0 Å². The summed E-state index contributed by atoms with van der Waals surface area (Å²) in [6.07, 6.45) is -8.79. The Labute approximate surface area is 165 Å². The number of benzene rings is 2. The van der Waals surface area contributed by atoms with Crippen molar-refractivity contribution in [2.24, 2.45) is 5.92 Å². The van der Waals surface area contributed by atoms with Crippen molar-refractivity contribution < 1.29 is 37.0 Å². The van der Waals surface area contributed by atoms with E-state index in [2.05, 4.69) is 0 Å². The van der Waals surface area contributed by atoms with Gasteiger partial charge in [0.05, 0.1) is 17.2 Å². The molecule has 1 saturated heterocycles. The largest absolute Gasteiger partial charge is 0.459 e. The van der Waals surface area contributed by atoms with Crippen LogP contribution in [-0.2, 0) is 14.2 Å². The van der Waals surface area contributed by atoms with Crippen LogP contribution >= 0.6 is 0 Å². The van der Waals surface area contributed by atoms with E-state index >= 15 is 0 Å². The van der Waals surface area contributed by atoms with Crippen LogP contribution in [0.2, 0.25) is 0 Å². The maximum Gasteiger partial charge on any atom is 0.397 e. The smallest absolute Gasteiger partial charge is 0.397 e. The lowest BCUT2D eigenvalue weighted by Gasteiger charge is -2.25. The van der Waals surface area contributed by atoms with Crippen molar-refractivity contribution in [3.05, 3.63) is 71.8 Å².